The van der Waals surface area contributed by atoms with Crippen LogP contribution in [0, 0.1) is 0 Å². The zero-order chi connectivity index (χ0) is 13.1. The first-order valence-electron chi connectivity index (χ1n) is 6.28. The Labute approximate surface area is 106 Å². The third-order valence-electron chi connectivity index (χ3n) is 2.99. The van der Waals surface area contributed by atoms with Gasteiger partial charge < -0.3 is 4.74 Å². The van der Waals surface area contributed by atoms with Crippen molar-refractivity contribution in [1.29, 1.82) is 0 Å². The Morgan fingerprint density at radius 3 is 2.29 bits per heavy atom. The maximum atomic E-state index is 5.54. The quantitative estimate of drug-likeness (QED) is 0.740. The molecule has 0 unspecified atom stereocenters. The van der Waals surface area contributed by atoms with Crippen LogP contribution in [0.1, 0.15) is 51.3 Å². The van der Waals surface area contributed by atoms with Crippen molar-refractivity contribution in [3.05, 3.63) is 34.9 Å². The molecule has 0 saturated heterocycles. The minimum atomic E-state index is 0.173. The van der Waals surface area contributed by atoms with Crippen molar-refractivity contribution >= 4 is 6.08 Å². The molecular weight excluding hydrogens is 208 g/mol. The minimum absolute atomic E-state index is 0.173. The molecular formula is C16H24O. The van der Waals surface area contributed by atoms with Gasteiger partial charge in [-0.1, -0.05) is 45.9 Å². The lowest BCUT2D eigenvalue weighted by Crippen LogP contribution is -2.12. The van der Waals surface area contributed by atoms with Gasteiger partial charge in [0, 0.05) is 5.56 Å². The van der Waals surface area contributed by atoms with Crippen LogP contribution in [0.25, 0.3) is 6.08 Å². The molecule has 1 heteroatoms. The Morgan fingerprint density at radius 2 is 1.88 bits per heavy atom. The molecule has 0 fully saturated rings. The summed E-state index contributed by atoms with van der Waals surface area (Å²) in [6, 6.07) is 4.50. The van der Waals surface area contributed by atoms with Crippen LogP contribution < -0.4 is 4.74 Å². The Balaban J connectivity index is 3.45. The van der Waals surface area contributed by atoms with Crippen LogP contribution in [0.5, 0.6) is 5.75 Å². The highest BCUT2D eigenvalue weighted by atomic mass is 16.5. The van der Waals surface area contributed by atoms with Gasteiger partial charge >= 0.3 is 0 Å². The van der Waals surface area contributed by atoms with Gasteiger partial charge in [-0.15, -0.1) is 0 Å². The van der Waals surface area contributed by atoms with E-state index in [4.69, 9.17) is 4.74 Å². The molecule has 0 aliphatic rings. The van der Waals surface area contributed by atoms with Crippen molar-refractivity contribution in [3.8, 4) is 5.75 Å². The highest BCUT2D eigenvalue weighted by Gasteiger charge is 2.17. The van der Waals surface area contributed by atoms with Crippen molar-refractivity contribution in [2.75, 3.05) is 7.11 Å². The van der Waals surface area contributed by atoms with Gasteiger partial charge in [0.15, 0.2) is 0 Å². The monoisotopic (exact) mass is 232 g/mol. The molecule has 1 rings (SSSR count). The smallest absolute Gasteiger partial charge is 0.129 e. The standard InChI is InChI=1S/C16H24O/c1-7-9-13-11-14(16(3,4)5)10-12(8-2)15(13)17-6/h7,9-11H,8H2,1-6H3. The topological polar surface area (TPSA) is 9.23 Å². The first kappa shape index (κ1) is 13.8. The molecule has 0 atom stereocenters. The lowest BCUT2D eigenvalue weighted by atomic mass is 9.84. The minimum Gasteiger partial charge on any atom is -0.496 e. The summed E-state index contributed by atoms with van der Waals surface area (Å²) < 4.78 is 5.54. The van der Waals surface area contributed by atoms with E-state index < -0.39 is 0 Å². The Bertz CT molecular complexity index is 408. The molecule has 0 aliphatic heterocycles. The van der Waals surface area contributed by atoms with E-state index in [9.17, 15) is 0 Å². The largest absolute Gasteiger partial charge is 0.496 e. The van der Waals surface area contributed by atoms with E-state index in [1.54, 1.807) is 7.11 Å². The van der Waals surface area contributed by atoms with E-state index in [1.807, 2.05) is 6.92 Å². The zero-order valence-corrected chi connectivity index (χ0v) is 11.9. The number of ether oxygens (including phenoxy) is 1. The molecule has 0 spiro atoms. The van der Waals surface area contributed by atoms with Crippen molar-refractivity contribution in [1.82, 2.24) is 0 Å². The van der Waals surface area contributed by atoms with Gasteiger partial charge in [-0.3, -0.25) is 0 Å². The molecule has 0 heterocycles. The number of hydrogen-bond acceptors (Lipinski definition) is 1. The first-order valence-corrected chi connectivity index (χ1v) is 6.28. The van der Waals surface area contributed by atoms with Crippen LogP contribution in [0.15, 0.2) is 18.2 Å². The second-order valence-corrected chi connectivity index (χ2v) is 5.36. The molecule has 0 N–H and O–H groups in total. The van der Waals surface area contributed by atoms with Crippen LogP contribution in [0.4, 0.5) is 0 Å². The number of methoxy groups -OCH3 is 1. The van der Waals surface area contributed by atoms with Gasteiger partial charge in [-0.25, -0.2) is 0 Å². The summed E-state index contributed by atoms with van der Waals surface area (Å²) in [6.07, 6.45) is 5.18. The van der Waals surface area contributed by atoms with Crippen LogP contribution in [0.2, 0.25) is 0 Å². The van der Waals surface area contributed by atoms with Gasteiger partial charge in [0.05, 0.1) is 7.11 Å². The fourth-order valence-electron chi connectivity index (χ4n) is 1.96. The lowest BCUT2D eigenvalue weighted by molar-refractivity contribution is 0.408. The molecule has 0 saturated carbocycles. The van der Waals surface area contributed by atoms with Crippen molar-refractivity contribution in [3.63, 3.8) is 0 Å². The van der Waals surface area contributed by atoms with E-state index in [-0.39, 0.29) is 5.41 Å². The third kappa shape index (κ3) is 3.12. The molecule has 94 valence electrons. The van der Waals surface area contributed by atoms with Crippen molar-refractivity contribution in [2.45, 2.75) is 46.5 Å². The molecule has 0 aromatic heterocycles. The summed E-state index contributed by atoms with van der Waals surface area (Å²) in [5, 5.41) is 0. The summed E-state index contributed by atoms with van der Waals surface area (Å²) in [6.45, 7) is 10.9. The SMILES string of the molecule is CC=Cc1cc(C(C)(C)C)cc(CC)c1OC. The number of aryl methyl sites for hydroxylation is 1. The summed E-state index contributed by atoms with van der Waals surface area (Å²) >= 11 is 0. The van der Waals surface area contributed by atoms with Crippen LogP contribution in [-0.2, 0) is 11.8 Å². The number of hydrogen-bond donors (Lipinski definition) is 0. The average molecular weight is 232 g/mol. The summed E-state index contributed by atoms with van der Waals surface area (Å²) in [4.78, 5) is 0. The maximum absolute atomic E-state index is 5.54. The van der Waals surface area contributed by atoms with E-state index in [1.165, 1.54) is 16.7 Å². The second-order valence-electron chi connectivity index (χ2n) is 5.36. The fourth-order valence-corrected chi connectivity index (χ4v) is 1.96. The highest BCUT2D eigenvalue weighted by molar-refractivity contribution is 5.62. The summed E-state index contributed by atoms with van der Waals surface area (Å²) in [5.74, 6) is 1.01. The normalized spacial score (nSPS) is 12.1. The number of allylic oxidation sites excluding steroid dienone is 1. The Morgan fingerprint density at radius 1 is 1.24 bits per heavy atom. The summed E-state index contributed by atoms with van der Waals surface area (Å²) in [7, 11) is 1.75. The Hall–Kier alpha value is -1.24. The third-order valence-corrected chi connectivity index (χ3v) is 2.99. The Kier molecular flexibility index (Phi) is 4.39. The van der Waals surface area contributed by atoms with Crippen molar-refractivity contribution < 1.29 is 4.74 Å². The number of rotatable bonds is 3. The maximum Gasteiger partial charge on any atom is 0.129 e. The van der Waals surface area contributed by atoms with Crippen molar-refractivity contribution in [2.24, 2.45) is 0 Å². The molecule has 0 aliphatic carbocycles. The highest BCUT2D eigenvalue weighted by Crippen LogP contribution is 2.32. The van der Waals surface area contributed by atoms with E-state index in [2.05, 4.69) is 52.0 Å². The predicted molar refractivity (Wildman–Crippen MR) is 75.8 cm³/mol. The van der Waals surface area contributed by atoms with Crippen LogP contribution >= 0.6 is 0 Å². The van der Waals surface area contributed by atoms with Gasteiger partial charge in [-0.2, -0.15) is 0 Å². The van der Waals surface area contributed by atoms with E-state index in [0.29, 0.717) is 0 Å². The molecule has 1 aromatic rings. The molecule has 1 aromatic carbocycles. The molecule has 17 heavy (non-hydrogen) atoms. The molecule has 0 amide bonds. The number of benzene rings is 1. The van der Waals surface area contributed by atoms with Crippen LogP contribution in [-0.4, -0.2) is 7.11 Å². The zero-order valence-electron chi connectivity index (χ0n) is 11.9. The van der Waals surface area contributed by atoms with Gasteiger partial charge in [0.1, 0.15) is 5.75 Å². The van der Waals surface area contributed by atoms with Gasteiger partial charge in [0.2, 0.25) is 0 Å². The molecule has 0 bridgehead atoms. The summed E-state index contributed by atoms with van der Waals surface area (Å²) in [5.41, 5.74) is 4.00. The van der Waals surface area contributed by atoms with Crippen LogP contribution in [0.3, 0.4) is 0 Å². The fraction of sp³-hybridized carbons (Fsp3) is 0.500. The molecule has 1 nitrogen and oxygen atoms in total. The van der Waals surface area contributed by atoms with Gasteiger partial charge in [-0.05, 0) is 36.0 Å². The lowest BCUT2D eigenvalue weighted by Gasteiger charge is -2.22. The van der Waals surface area contributed by atoms with E-state index >= 15 is 0 Å². The molecule has 0 radical (unpaired) electrons. The second kappa shape index (κ2) is 5.39. The van der Waals surface area contributed by atoms with Gasteiger partial charge in [0.25, 0.3) is 0 Å². The van der Waals surface area contributed by atoms with E-state index in [0.717, 1.165) is 12.2 Å². The predicted octanol–water partition coefficient (Wildman–Crippen LogP) is 4.59. The first-order chi connectivity index (χ1) is 7.93. The average Bonchev–Trinajstić information content (AvgIpc) is 2.27.